The van der Waals surface area contributed by atoms with E-state index in [1.165, 1.54) is 23.5 Å². The lowest BCUT2D eigenvalue weighted by Gasteiger charge is -2.04. The summed E-state index contributed by atoms with van der Waals surface area (Å²) >= 11 is 1.39. The molecular weight excluding hydrogens is 333 g/mol. The molecule has 1 N–H and O–H groups in total. The van der Waals surface area contributed by atoms with Crippen LogP contribution in [0.2, 0.25) is 0 Å². The second-order valence-corrected chi connectivity index (χ2v) is 5.98. The van der Waals surface area contributed by atoms with Crippen molar-refractivity contribution in [1.29, 1.82) is 0 Å². The van der Waals surface area contributed by atoms with Gasteiger partial charge in [-0.3, -0.25) is 4.79 Å². The highest BCUT2D eigenvalue weighted by molar-refractivity contribution is 7.13. The first-order valence-corrected chi connectivity index (χ1v) is 8.13. The van der Waals surface area contributed by atoms with E-state index in [9.17, 15) is 14.0 Å². The molecule has 0 bridgehead atoms. The monoisotopic (exact) mass is 347 g/mol. The molecule has 1 amide bonds. The summed E-state index contributed by atoms with van der Waals surface area (Å²) in [6, 6.07) is 9.68. The highest BCUT2D eigenvalue weighted by atomic mass is 32.1. The molecule has 0 atom stereocenters. The van der Waals surface area contributed by atoms with E-state index in [2.05, 4.69) is 10.4 Å². The maximum atomic E-state index is 12.8. The summed E-state index contributed by atoms with van der Waals surface area (Å²) in [4.78, 5) is 24.3. The molecule has 24 heavy (non-hydrogen) atoms. The summed E-state index contributed by atoms with van der Waals surface area (Å²) < 4.78 is 18.8. The molecule has 0 radical (unpaired) electrons. The fourth-order valence-electron chi connectivity index (χ4n) is 2.10. The van der Waals surface area contributed by atoms with Crippen molar-refractivity contribution in [1.82, 2.24) is 15.1 Å². The van der Waals surface area contributed by atoms with Gasteiger partial charge in [-0.05, 0) is 35.6 Å². The quantitative estimate of drug-likeness (QED) is 0.740. The van der Waals surface area contributed by atoms with Crippen LogP contribution in [0.4, 0.5) is 4.39 Å². The van der Waals surface area contributed by atoms with Crippen LogP contribution >= 0.6 is 11.3 Å². The summed E-state index contributed by atoms with van der Waals surface area (Å²) in [6.45, 7) is 0.173. The molecule has 124 valence electrons. The van der Waals surface area contributed by atoms with E-state index in [1.807, 2.05) is 11.4 Å². The summed E-state index contributed by atoms with van der Waals surface area (Å²) in [5.41, 5.74) is 0.912. The summed E-state index contributed by atoms with van der Waals surface area (Å²) in [5.74, 6) is -1.11. The minimum Gasteiger partial charge on any atom is -0.387 e. The third-order valence-corrected chi connectivity index (χ3v) is 4.14. The molecule has 0 fully saturated rings. The van der Waals surface area contributed by atoms with E-state index in [4.69, 9.17) is 4.42 Å². The van der Waals surface area contributed by atoms with Crippen molar-refractivity contribution < 1.29 is 13.6 Å². The van der Waals surface area contributed by atoms with Crippen LogP contribution in [0.15, 0.2) is 51.0 Å². The van der Waals surface area contributed by atoms with Gasteiger partial charge in [0.2, 0.25) is 5.91 Å². The Morgan fingerprint density at radius 1 is 1.29 bits per heavy atom. The van der Waals surface area contributed by atoms with Gasteiger partial charge in [0.15, 0.2) is 0 Å². The molecule has 3 rings (SSSR count). The number of benzene rings is 1. The summed E-state index contributed by atoms with van der Waals surface area (Å²) in [5, 5.41) is 8.55. The predicted molar refractivity (Wildman–Crippen MR) is 87.2 cm³/mol. The number of hydrogen-bond acceptors (Lipinski definition) is 5. The van der Waals surface area contributed by atoms with Crippen molar-refractivity contribution in [3.05, 3.63) is 63.7 Å². The van der Waals surface area contributed by atoms with Gasteiger partial charge in [-0.25, -0.2) is 9.18 Å². The molecule has 0 saturated heterocycles. The number of amides is 1. The second-order valence-electron chi connectivity index (χ2n) is 5.03. The molecule has 8 heteroatoms. The van der Waals surface area contributed by atoms with Crippen molar-refractivity contribution in [3.8, 4) is 10.8 Å². The number of carbonyl (C=O) groups is 1. The van der Waals surface area contributed by atoms with Gasteiger partial charge in [0.05, 0.1) is 4.88 Å². The number of nitrogens with one attached hydrogen (secondary N) is 1. The smallest absolute Gasteiger partial charge is 0.387 e. The van der Waals surface area contributed by atoms with Crippen LogP contribution in [0.1, 0.15) is 5.56 Å². The Bertz CT molecular complexity index is 869. The molecule has 6 nitrogen and oxygen atoms in total. The van der Waals surface area contributed by atoms with Gasteiger partial charge in [0, 0.05) is 6.54 Å². The van der Waals surface area contributed by atoms with Crippen molar-refractivity contribution in [2.24, 2.45) is 0 Å². The number of carbonyl (C=O) groups excluding carboxylic acids is 1. The van der Waals surface area contributed by atoms with Crippen molar-refractivity contribution in [2.75, 3.05) is 6.54 Å². The molecule has 2 aromatic heterocycles. The molecule has 3 aromatic rings. The van der Waals surface area contributed by atoms with Gasteiger partial charge in [-0.1, -0.05) is 18.2 Å². The molecule has 0 aliphatic rings. The molecule has 1 aromatic carbocycles. The Balaban J connectivity index is 1.53. The maximum Gasteiger partial charge on any atom is 0.437 e. The Labute approximate surface area is 140 Å². The van der Waals surface area contributed by atoms with Gasteiger partial charge in [0.25, 0.3) is 5.89 Å². The average molecular weight is 347 g/mol. The van der Waals surface area contributed by atoms with Crippen LogP contribution in [0.25, 0.3) is 10.8 Å². The fraction of sp³-hybridized carbons (Fsp3) is 0.188. The molecule has 0 saturated carbocycles. The zero-order chi connectivity index (χ0) is 16.9. The second kappa shape index (κ2) is 7.22. The van der Waals surface area contributed by atoms with Crippen LogP contribution in [0.5, 0.6) is 0 Å². The largest absolute Gasteiger partial charge is 0.437 e. The maximum absolute atomic E-state index is 12.8. The highest BCUT2D eigenvalue weighted by Crippen LogP contribution is 2.20. The van der Waals surface area contributed by atoms with Gasteiger partial charge >= 0.3 is 5.76 Å². The Hall–Kier alpha value is -2.74. The topological polar surface area (TPSA) is 77.1 Å². The molecular formula is C16H14FN3O3S. The molecule has 0 unspecified atom stereocenters. The lowest BCUT2D eigenvalue weighted by Crippen LogP contribution is -2.32. The van der Waals surface area contributed by atoms with Crippen LogP contribution in [-0.4, -0.2) is 22.2 Å². The SMILES string of the molecule is O=C(Cn1nc(-c2cccs2)oc1=O)NCCc1ccc(F)cc1. The third kappa shape index (κ3) is 3.96. The first-order chi connectivity index (χ1) is 11.6. The van der Waals surface area contributed by atoms with Gasteiger partial charge in [-0.2, -0.15) is 4.68 Å². The zero-order valence-electron chi connectivity index (χ0n) is 12.6. The number of hydrogen-bond donors (Lipinski definition) is 1. The average Bonchev–Trinajstić information content (AvgIpc) is 3.20. The number of thiophene rings is 1. The zero-order valence-corrected chi connectivity index (χ0v) is 13.4. The van der Waals surface area contributed by atoms with Gasteiger partial charge in [0.1, 0.15) is 12.4 Å². The lowest BCUT2D eigenvalue weighted by atomic mass is 10.1. The standard InChI is InChI=1S/C16H14FN3O3S/c17-12-5-3-11(4-6-12)7-8-18-14(21)10-20-16(22)23-15(19-20)13-2-1-9-24-13/h1-6,9H,7-8,10H2,(H,18,21). The summed E-state index contributed by atoms with van der Waals surface area (Å²) in [7, 11) is 0. The van der Waals surface area contributed by atoms with E-state index in [-0.39, 0.29) is 24.2 Å². The Morgan fingerprint density at radius 3 is 2.79 bits per heavy atom. The van der Waals surface area contributed by atoms with Crippen LogP contribution < -0.4 is 11.1 Å². The minimum atomic E-state index is -0.674. The lowest BCUT2D eigenvalue weighted by molar-refractivity contribution is -0.121. The van der Waals surface area contributed by atoms with E-state index >= 15 is 0 Å². The van der Waals surface area contributed by atoms with Gasteiger partial charge < -0.3 is 9.73 Å². The van der Waals surface area contributed by atoms with Crippen molar-refractivity contribution in [2.45, 2.75) is 13.0 Å². The van der Waals surface area contributed by atoms with E-state index in [1.54, 1.807) is 18.2 Å². The van der Waals surface area contributed by atoms with E-state index in [0.29, 0.717) is 13.0 Å². The normalized spacial score (nSPS) is 10.7. The van der Waals surface area contributed by atoms with E-state index < -0.39 is 5.76 Å². The molecule has 0 aliphatic carbocycles. The van der Waals surface area contributed by atoms with Crippen LogP contribution in [-0.2, 0) is 17.8 Å². The van der Waals surface area contributed by atoms with Crippen LogP contribution in [0.3, 0.4) is 0 Å². The van der Waals surface area contributed by atoms with Gasteiger partial charge in [-0.15, -0.1) is 16.4 Å². The number of nitrogens with zero attached hydrogens (tertiary/aromatic N) is 2. The van der Waals surface area contributed by atoms with E-state index in [0.717, 1.165) is 15.1 Å². The van der Waals surface area contributed by atoms with Crippen molar-refractivity contribution >= 4 is 17.2 Å². The van der Waals surface area contributed by atoms with Crippen LogP contribution in [0, 0.1) is 5.82 Å². The third-order valence-electron chi connectivity index (χ3n) is 3.28. The predicted octanol–water partition coefficient (Wildman–Crippen LogP) is 2.06. The summed E-state index contributed by atoms with van der Waals surface area (Å²) in [6.07, 6.45) is 0.570. The Morgan fingerprint density at radius 2 is 2.08 bits per heavy atom. The molecule has 0 spiro atoms. The molecule has 0 aliphatic heterocycles. The fourth-order valence-corrected chi connectivity index (χ4v) is 2.74. The number of halogens is 1. The molecule has 2 heterocycles. The highest BCUT2D eigenvalue weighted by Gasteiger charge is 2.13. The number of aromatic nitrogens is 2. The Kier molecular flexibility index (Phi) is 4.85. The first-order valence-electron chi connectivity index (χ1n) is 7.25. The number of rotatable bonds is 6. The van der Waals surface area contributed by atoms with Crippen molar-refractivity contribution in [3.63, 3.8) is 0 Å². The minimum absolute atomic E-state index is 0.203. The first kappa shape index (κ1) is 16.1.